The van der Waals surface area contributed by atoms with E-state index >= 15 is 0 Å². The number of likely N-dealkylation sites (N-methyl/N-ethyl adjacent to an activating group) is 1. The highest BCUT2D eigenvalue weighted by molar-refractivity contribution is 6.31. The summed E-state index contributed by atoms with van der Waals surface area (Å²) in [4.78, 5) is 27.1. The first-order valence-corrected chi connectivity index (χ1v) is 8.32. The lowest BCUT2D eigenvalue weighted by Gasteiger charge is -2.29. The Labute approximate surface area is 150 Å². The molecule has 2 amide bonds. The number of amides is 2. The fraction of sp³-hybridized carbons (Fsp3) is 0.333. The molecule has 3 rings (SSSR count). The van der Waals surface area contributed by atoms with Crippen molar-refractivity contribution in [3.63, 3.8) is 0 Å². The van der Waals surface area contributed by atoms with Crippen molar-refractivity contribution in [2.75, 3.05) is 20.1 Å². The third-order valence-corrected chi connectivity index (χ3v) is 5.02. The van der Waals surface area contributed by atoms with Crippen LogP contribution in [0.15, 0.2) is 24.8 Å². The summed E-state index contributed by atoms with van der Waals surface area (Å²) in [5, 5.41) is 0.857. The lowest BCUT2D eigenvalue weighted by molar-refractivity contribution is -0.137. The van der Waals surface area contributed by atoms with E-state index in [2.05, 4.69) is 6.58 Å². The standard InChI is InChI=1S/C18H19ClFN3O2/c1-4-15(24)21(2)10-16(25)23-8-7-14-12(9-23)11-5-6-13(19)17(20)18(11)22(14)3/h4-6H,1,7-10H2,2-3H3. The Hall–Kier alpha value is -2.34. The van der Waals surface area contributed by atoms with Gasteiger partial charge < -0.3 is 14.4 Å². The van der Waals surface area contributed by atoms with Crippen LogP contribution in [0.3, 0.4) is 0 Å². The molecule has 0 fully saturated rings. The van der Waals surface area contributed by atoms with Gasteiger partial charge in [-0.2, -0.15) is 0 Å². The van der Waals surface area contributed by atoms with Gasteiger partial charge in [-0.1, -0.05) is 24.2 Å². The first kappa shape index (κ1) is 17.5. The Morgan fingerprint density at radius 1 is 1.44 bits per heavy atom. The predicted octanol–water partition coefficient (Wildman–Crippen LogP) is 2.50. The van der Waals surface area contributed by atoms with Crippen molar-refractivity contribution in [1.29, 1.82) is 0 Å². The van der Waals surface area contributed by atoms with Crippen LogP contribution in [0.25, 0.3) is 10.9 Å². The number of aryl methyl sites for hydroxylation is 1. The molecule has 132 valence electrons. The summed E-state index contributed by atoms with van der Waals surface area (Å²) in [5.41, 5.74) is 2.41. The molecule has 0 bridgehead atoms. The number of halogens is 2. The molecule has 0 spiro atoms. The lowest BCUT2D eigenvalue weighted by Crippen LogP contribution is -2.43. The number of hydrogen-bond acceptors (Lipinski definition) is 2. The summed E-state index contributed by atoms with van der Waals surface area (Å²) in [5.74, 6) is -0.882. The van der Waals surface area contributed by atoms with Crippen LogP contribution in [0.4, 0.5) is 4.39 Å². The van der Waals surface area contributed by atoms with E-state index in [0.717, 1.165) is 16.6 Å². The van der Waals surface area contributed by atoms with Crippen LogP contribution in [0.2, 0.25) is 5.02 Å². The Morgan fingerprint density at radius 2 is 2.16 bits per heavy atom. The molecule has 1 aromatic heterocycles. The van der Waals surface area contributed by atoms with Crippen molar-refractivity contribution in [1.82, 2.24) is 14.4 Å². The zero-order valence-electron chi connectivity index (χ0n) is 14.2. The molecule has 0 atom stereocenters. The van der Waals surface area contributed by atoms with Gasteiger partial charge in [0.1, 0.15) is 0 Å². The second-order valence-corrected chi connectivity index (χ2v) is 6.61. The van der Waals surface area contributed by atoms with Gasteiger partial charge in [0.15, 0.2) is 5.82 Å². The van der Waals surface area contributed by atoms with E-state index in [0.29, 0.717) is 25.0 Å². The van der Waals surface area contributed by atoms with Crippen molar-refractivity contribution in [3.8, 4) is 0 Å². The van der Waals surface area contributed by atoms with E-state index < -0.39 is 5.82 Å². The van der Waals surface area contributed by atoms with E-state index in [4.69, 9.17) is 11.6 Å². The lowest BCUT2D eigenvalue weighted by atomic mass is 10.0. The number of carbonyl (C=O) groups is 2. The maximum Gasteiger partial charge on any atom is 0.246 e. The van der Waals surface area contributed by atoms with Gasteiger partial charge in [0, 0.05) is 50.2 Å². The molecule has 0 unspecified atom stereocenters. The van der Waals surface area contributed by atoms with Crippen LogP contribution in [0.5, 0.6) is 0 Å². The van der Waals surface area contributed by atoms with E-state index in [9.17, 15) is 14.0 Å². The molecule has 2 aromatic rings. The van der Waals surface area contributed by atoms with Gasteiger partial charge in [-0.25, -0.2) is 4.39 Å². The fourth-order valence-electron chi connectivity index (χ4n) is 3.36. The van der Waals surface area contributed by atoms with Crippen LogP contribution in [-0.2, 0) is 29.6 Å². The van der Waals surface area contributed by atoms with Gasteiger partial charge in [-0.15, -0.1) is 0 Å². The summed E-state index contributed by atoms with van der Waals surface area (Å²) in [7, 11) is 3.38. The SMILES string of the molecule is C=CC(=O)N(C)CC(=O)N1CCc2c(c3ccc(Cl)c(F)c3n2C)C1. The largest absolute Gasteiger partial charge is 0.345 e. The molecule has 5 nitrogen and oxygen atoms in total. The minimum Gasteiger partial charge on any atom is -0.345 e. The maximum absolute atomic E-state index is 14.4. The van der Waals surface area contributed by atoms with Crippen LogP contribution in [0.1, 0.15) is 11.3 Å². The number of hydrogen-bond donors (Lipinski definition) is 0. The minimum absolute atomic E-state index is 0.00879. The second-order valence-electron chi connectivity index (χ2n) is 6.21. The summed E-state index contributed by atoms with van der Waals surface area (Å²) in [6, 6.07) is 3.33. The summed E-state index contributed by atoms with van der Waals surface area (Å²) < 4.78 is 16.2. The van der Waals surface area contributed by atoms with Gasteiger partial charge in [0.2, 0.25) is 11.8 Å². The highest BCUT2D eigenvalue weighted by Crippen LogP contribution is 2.34. The third-order valence-electron chi connectivity index (χ3n) is 4.73. The van der Waals surface area contributed by atoms with Crippen molar-refractivity contribution in [2.45, 2.75) is 13.0 Å². The molecule has 0 aliphatic carbocycles. The highest BCUT2D eigenvalue weighted by atomic mass is 35.5. The summed E-state index contributed by atoms with van der Waals surface area (Å²) in [6.45, 7) is 4.33. The molecular formula is C18H19ClFN3O2. The van der Waals surface area contributed by atoms with Gasteiger partial charge in [-0.3, -0.25) is 9.59 Å². The number of aromatic nitrogens is 1. The van der Waals surface area contributed by atoms with Crippen LogP contribution in [0, 0.1) is 5.82 Å². The Kier molecular flexibility index (Phi) is 4.56. The van der Waals surface area contributed by atoms with Crippen molar-refractivity contribution in [2.24, 2.45) is 7.05 Å². The summed E-state index contributed by atoms with van der Waals surface area (Å²) in [6.07, 6.45) is 1.81. The molecule has 0 saturated carbocycles. The molecule has 1 aromatic carbocycles. The van der Waals surface area contributed by atoms with Gasteiger partial charge in [0.05, 0.1) is 17.1 Å². The molecule has 1 aliphatic heterocycles. The molecule has 0 saturated heterocycles. The minimum atomic E-state index is -0.440. The van der Waals surface area contributed by atoms with Crippen molar-refractivity contribution < 1.29 is 14.0 Å². The number of nitrogens with zero attached hydrogens (tertiary/aromatic N) is 3. The van der Waals surface area contributed by atoms with E-state index in [1.807, 2.05) is 11.6 Å². The molecule has 1 aliphatic rings. The fourth-order valence-corrected chi connectivity index (χ4v) is 3.51. The number of carbonyl (C=O) groups excluding carboxylic acids is 2. The zero-order valence-corrected chi connectivity index (χ0v) is 14.9. The first-order chi connectivity index (χ1) is 11.8. The van der Waals surface area contributed by atoms with Crippen LogP contribution >= 0.6 is 11.6 Å². The average molecular weight is 364 g/mol. The Balaban J connectivity index is 1.90. The second kappa shape index (κ2) is 6.52. The van der Waals surface area contributed by atoms with Crippen LogP contribution in [-0.4, -0.2) is 46.3 Å². The van der Waals surface area contributed by atoms with E-state index in [1.54, 1.807) is 18.0 Å². The number of fused-ring (bicyclic) bond motifs is 3. The topological polar surface area (TPSA) is 45.6 Å². The molecule has 0 radical (unpaired) electrons. The predicted molar refractivity (Wildman–Crippen MR) is 94.8 cm³/mol. The normalized spacial score (nSPS) is 13.7. The number of benzene rings is 1. The van der Waals surface area contributed by atoms with Crippen molar-refractivity contribution in [3.05, 3.63) is 46.9 Å². The quantitative estimate of drug-likeness (QED) is 0.786. The van der Waals surface area contributed by atoms with E-state index in [1.165, 1.54) is 17.0 Å². The number of rotatable bonds is 3. The van der Waals surface area contributed by atoms with Crippen LogP contribution < -0.4 is 0 Å². The monoisotopic (exact) mass is 363 g/mol. The zero-order chi connectivity index (χ0) is 18.3. The smallest absolute Gasteiger partial charge is 0.246 e. The first-order valence-electron chi connectivity index (χ1n) is 7.94. The van der Waals surface area contributed by atoms with Crippen molar-refractivity contribution >= 4 is 34.3 Å². The molecule has 0 N–H and O–H groups in total. The van der Waals surface area contributed by atoms with Gasteiger partial charge in [-0.05, 0) is 12.1 Å². The average Bonchev–Trinajstić information content (AvgIpc) is 2.89. The Bertz CT molecular complexity index is 890. The van der Waals surface area contributed by atoms with Gasteiger partial charge >= 0.3 is 0 Å². The third kappa shape index (κ3) is 2.91. The highest BCUT2D eigenvalue weighted by Gasteiger charge is 2.28. The van der Waals surface area contributed by atoms with Gasteiger partial charge in [0.25, 0.3) is 0 Å². The summed E-state index contributed by atoms with van der Waals surface area (Å²) >= 11 is 5.90. The Morgan fingerprint density at radius 3 is 2.84 bits per heavy atom. The molecular weight excluding hydrogens is 345 g/mol. The van der Waals surface area contributed by atoms with E-state index in [-0.39, 0.29) is 23.4 Å². The molecule has 7 heteroatoms. The molecule has 25 heavy (non-hydrogen) atoms. The molecule has 2 heterocycles. The maximum atomic E-state index is 14.4.